The summed E-state index contributed by atoms with van der Waals surface area (Å²) in [5, 5.41) is 8.13. The van der Waals surface area contributed by atoms with Crippen LogP contribution in [0.1, 0.15) is 51.4 Å². The highest BCUT2D eigenvalue weighted by Gasteiger charge is 2.37. The van der Waals surface area contributed by atoms with Gasteiger partial charge in [0.1, 0.15) is 10.8 Å². The van der Waals surface area contributed by atoms with Crippen molar-refractivity contribution in [2.24, 2.45) is 11.0 Å². The molecule has 1 fully saturated rings. The van der Waals surface area contributed by atoms with Crippen LogP contribution in [0, 0.1) is 5.92 Å². The predicted octanol–water partition coefficient (Wildman–Crippen LogP) is 2.97. The lowest BCUT2D eigenvalue weighted by Gasteiger charge is -2.42. The predicted molar refractivity (Wildman–Crippen MR) is 94.5 cm³/mol. The zero-order chi connectivity index (χ0) is 15.8. The maximum Gasteiger partial charge on any atom is 0.145 e. The van der Waals surface area contributed by atoms with Crippen molar-refractivity contribution in [3.8, 4) is 0 Å². The molecule has 0 unspecified atom stereocenters. The van der Waals surface area contributed by atoms with E-state index in [4.69, 9.17) is 17.0 Å². The summed E-state index contributed by atoms with van der Waals surface area (Å²) in [7, 11) is 1.82. The number of ether oxygens (including phenoxy) is 1. The van der Waals surface area contributed by atoms with Crippen LogP contribution in [0.25, 0.3) is 0 Å². The Morgan fingerprint density at radius 1 is 1.22 bits per heavy atom. The lowest BCUT2D eigenvalue weighted by Crippen LogP contribution is -2.49. The molecule has 0 spiro atoms. The van der Waals surface area contributed by atoms with Crippen LogP contribution < -0.4 is 10.7 Å². The van der Waals surface area contributed by atoms with E-state index in [9.17, 15) is 0 Å². The van der Waals surface area contributed by atoms with E-state index in [-0.39, 0.29) is 0 Å². The maximum absolute atomic E-state index is 5.52. The zero-order valence-electron chi connectivity index (χ0n) is 13.6. The molecule has 2 N–H and O–H groups in total. The molecule has 2 heterocycles. The van der Waals surface area contributed by atoms with E-state index >= 15 is 0 Å². The van der Waals surface area contributed by atoms with Gasteiger partial charge in [0.15, 0.2) is 0 Å². The third kappa shape index (κ3) is 2.68. The monoisotopic (exact) mass is 332 g/mol. The third-order valence-electron chi connectivity index (χ3n) is 5.44. The molecule has 5 nitrogen and oxygen atoms in total. The molecular weight excluding hydrogens is 308 g/mol. The number of hydrogen-bond donors (Lipinski definition) is 2. The van der Waals surface area contributed by atoms with Gasteiger partial charge < -0.3 is 10.1 Å². The Kier molecular flexibility index (Phi) is 4.11. The Bertz CT molecular complexity index is 602. The third-order valence-corrected chi connectivity index (χ3v) is 5.74. The summed E-state index contributed by atoms with van der Waals surface area (Å²) in [6.07, 6.45) is 11.7. The maximum atomic E-state index is 5.52. The Hall–Kier alpha value is -1.40. The summed E-state index contributed by atoms with van der Waals surface area (Å²) >= 11 is 5.48. The molecule has 23 heavy (non-hydrogen) atoms. The Morgan fingerprint density at radius 3 is 2.78 bits per heavy atom. The smallest absolute Gasteiger partial charge is 0.145 e. The van der Waals surface area contributed by atoms with Crippen molar-refractivity contribution in [3.05, 3.63) is 23.3 Å². The van der Waals surface area contributed by atoms with Gasteiger partial charge in [0.25, 0.3) is 0 Å². The highest BCUT2D eigenvalue weighted by atomic mass is 32.1. The van der Waals surface area contributed by atoms with E-state index in [1.54, 1.807) is 0 Å². The molecule has 0 saturated heterocycles. The van der Waals surface area contributed by atoms with Gasteiger partial charge in [0.2, 0.25) is 0 Å². The first-order valence-electron chi connectivity index (χ1n) is 8.67. The van der Waals surface area contributed by atoms with Gasteiger partial charge in [-0.2, -0.15) is 5.10 Å². The zero-order valence-corrected chi connectivity index (χ0v) is 14.4. The number of allylic oxidation sites excluding steroid dienone is 2. The molecule has 2 aliphatic heterocycles. The van der Waals surface area contributed by atoms with Crippen LogP contribution in [0.4, 0.5) is 0 Å². The number of methoxy groups -OCH3 is 1. The molecule has 0 aromatic rings. The first-order chi connectivity index (χ1) is 11.3. The van der Waals surface area contributed by atoms with Crippen molar-refractivity contribution in [1.29, 1.82) is 0 Å². The fraction of sp³-hybridized carbons (Fsp3) is 0.647. The highest BCUT2D eigenvalue weighted by molar-refractivity contribution is 7.80. The highest BCUT2D eigenvalue weighted by Crippen LogP contribution is 2.37. The second kappa shape index (κ2) is 6.24. The van der Waals surface area contributed by atoms with E-state index < -0.39 is 0 Å². The number of nitrogens with one attached hydrogen (secondary N) is 2. The molecule has 1 saturated carbocycles. The lowest BCUT2D eigenvalue weighted by molar-refractivity contribution is 0.0637. The molecule has 0 radical (unpaired) electrons. The molecule has 2 aliphatic carbocycles. The number of hydrazone groups is 1. The molecule has 0 atom stereocenters. The van der Waals surface area contributed by atoms with Crippen molar-refractivity contribution in [2.45, 2.75) is 57.5 Å². The molecule has 6 heteroatoms. The molecular formula is C17H24N4OS. The number of amidine groups is 1. The molecule has 4 rings (SSSR count). The van der Waals surface area contributed by atoms with Gasteiger partial charge in [0.05, 0.1) is 11.8 Å². The fourth-order valence-electron chi connectivity index (χ4n) is 4.13. The molecule has 0 aromatic carbocycles. The van der Waals surface area contributed by atoms with Crippen LogP contribution in [-0.4, -0.2) is 28.9 Å². The van der Waals surface area contributed by atoms with Crippen molar-refractivity contribution in [2.75, 3.05) is 7.11 Å². The molecule has 124 valence electrons. The minimum Gasteiger partial charge on any atom is -0.381 e. The Balaban J connectivity index is 1.63. The fourth-order valence-corrected chi connectivity index (χ4v) is 4.33. The Labute approximate surface area is 142 Å². The van der Waals surface area contributed by atoms with Crippen LogP contribution in [0.5, 0.6) is 0 Å². The lowest BCUT2D eigenvalue weighted by atomic mass is 9.85. The van der Waals surface area contributed by atoms with Crippen molar-refractivity contribution in [3.63, 3.8) is 0 Å². The first kappa shape index (κ1) is 15.1. The van der Waals surface area contributed by atoms with Crippen molar-refractivity contribution < 1.29 is 4.74 Å². The normalized spacial score (nSPS) is 30.7. The van der Waals surface area contributed by atoms with Crippen LogP contribution in [0.2, 0.25) is 0 Å². The SMILES string of the molecule is COC1CCC(C2=NNC(=S)C3=CNC4=C(CCCC4)N32)CC1. The average Bonchev–Trinajstić information content (AvgIpc) is 2.62. The minimum atomic E-state index is 0.409. The largest absolute Gasteiger partial charge is 0.381 e. The van der Waals surface area contributed by atoms with Crippen molar-refractivity contribution in [1.82, 2.24) is 15.6 Å². The van der Waals surface area contributed by atoms with Crippen LogP contribution in [0.3, 0.4) is 0 Å². The summed E-state index contributed by atoms with van der Waals surface area (Å²) in [6.45, 7) is 0. The van der Waals surface area contributed by atoms with Gasteiger partial charge in [-0.1, -0.05) is 12.2 Å². The first-order valence-corrected chi connectivity index (χ1v) is 9.08. The molecule has 4 aliphatic rings. The number of fused-ring (bicyclic) bond motifs is 2. The molecule has 0 amide bonds. The minimum absolute atomic E-state index is 0.409. The number of nitrogens with zero attached hydrogens (tertiary/aromatic N) is 2. The summed E-state index contributed by atoms with van der Waals surface area (Å²) in [4.78, 5) is 3.06. The topological polar surface area (TPSA) is 48.9 Å². The summed E-state index contributed by atoms with van der Waals surface area (Å²) in [5.41, 5.74) is 6.85. The van der Waals surface area contributed by atoms with Gasteiger partial charge in [-0.15, -0.1) is 0 Å². The van der Waals surface area contributed by atoms with E-state index in [0.29, 0.717) is 17.0 Å². The molecule has 0 bridgehead atoms. The number of rotatable bonds is 2. The van der Waals surface area contributed by atoms with Gasteiger partial charge in [-0.3, -0.25) is 10.3 Å². The van der Waals surface area contributed by atoms with Gasteiger partial charge in [0, 0.05) is 30.6 Å². The van der Waals surface area contributed by atoms with Crippen LogP contribution >= 0.6 is 12.2 Å². The Morgan fingerprint density at radius 2 is 2.00 bits per heavy atom. The van der Waals surface area contributed by atoms with E-state index in [1.165, 1.54) is 24.2 Å². The summed E-state index contributed by atoms with van der Waals surface area (Å²) in [5.74, 6) is 1.63. The van der Waals surface area contributed by atoms with Gasteiger partial charge >= 0.3 is 0 Å². The standard InChI is InChI=1S/C17H24N4OS/c1-22-12-8-6-11(7-9-12)16-19-20-17(23)15-10-18-13-4-2-3-5-14(13)21(15)16/h10-12,18H,2-9H2,1H3,(H,20,23). The summed E-state index contributed by atoms with van der Waals surface area (Å²) in [6, 6.07) is 0. The van der Waals surface area contributed by atoms with E-state index in [0.717, 1.165) is 50.1 Å². The van der Waals surface area contributed by atoms with Gasteiger partial charge in [-0.25, -0.2) is 0 Å². The second-order valence-corrected chi connectivity index (χ2v) is 7.17. The van der Waals surface area contributed by atoms with Crippen LogP contribution in [0.15, 0.2) is 28.4 Å². The van der Waals surface area contributed by atoms with E-state index in [1.807, 2.05) is 7.11 Å². The number of hydrogen-bond acceptors (Lipinski definition) is 5. The van der Waals surface area contributed by atoms with Crippen molar-refractivity contribution >= 4 is 23.0 Å². The van der Waals surface area contributed by atoms with Crippen LogP contribution in [-0.2, 0) is 4.74 Å². The van der Waals surface area contributed by atoms with Gasteiger partial charge in [-0.05, 0) is 51.4 Å². The van der Waals surface area contributed by atoms with E-state index in [2.05, 4.69) is 26.9 Å². The average molecular weight is 332 g/mol. The molecule has 0 aromatic heterocycles. The second-order valence-electron chi connectivity index (χ2n) is 6.76. The summed E-state index contributed by atoms with van der Waals surface area (Å²) < 4.78 is 5.52. The quantitative estimate of drug-likeness (QED) is 0.762. The number of thiocarbonyl (C=S) groups is 1.